The number of benzene rings is 2. The van der Waals surface area contributed by atoms with E-state index in [1.807, 2.05) is 0 Å². The molecule has 180 valence electrons. The molecule has 0 saturated carbocycles. The van der Waals surface area contributed by atoms with Crippen LogP contribution >= 0.6 is 0 Å². The lowest BCUT2D eigenvalue weighted by Gasteiger charge is -2.26. The molecule has 0 unspecified atom stereocenters. The topological polar surface area (TPSA) is 119 Å². The van der Waals surface area contributed by atoms with E-state index in [-0.39, 0.29) is 39.2 Å². The van der Waals surface area contributed by atoms with Crippen LogP contribution in [-0.2, 0) is 24.6 Å². The smallest absolute Gasteiger partial charge is 0.255 e. The second kappa shape index (κ2) is 10.6. The highest BCUT2D eigenvalue weighted by Crippen LogP contribution is 2.31. The summed E-state index contributed by atoms with van der Waals surface area (Å²) in [5, 5.41) is 2.67. The van der Waals surface area contributed by atoms with E-state index in [2.05, 4.69) is 5.32 Å². The number of rotatable bonds is 9. The van der Waals surface area contributed by atoms with Crippen molar-refractivity contribution in [3.8, 4) is 5.75 Å². The van der Waals surface area contributed by atoms with Crippen LogP contribution in [0.2, 0.25) is 0 Å². The van der Waals surface area contributed by atoms with Gasteiger partial charge >= 0.3 is 0 Å². The largest absolute Gasteiger partial charge is 0.495 e. The number of nitrogens with one attached hydrogen (secondary N) is 1. The van der Waals surface area contributed by atoms with Gasteiger partial charge in [-0.1, -0.05) is 6.42 Å². The van der Waals surface area contributed by atoms with Gasteiger partial charge in [-0.3, -0.25) is 4.79 Å². The zero-order chi connectivity index (χ0) is 24.1. The normalized spacial score (nSPS) is 15.2. The molecule has 1 N–H and O–H groups in total. The Hall–Kier alpha value is -2.47. The third kappa shape index (κ3) is 5.91. The first-order valence-electron chi connectivity index (χ1n) is 10.5. The molecule has 1 amide bonds. The van der Waals surface area contributed by atoms with Crippen molar-refractivity contribution >= 4 is 31.5 Å². The second-order valence-electron chi connectivity index (χ2n) is 7.62. The van der Waals surface area contributed by atoms with E-state index < -0.39 is 25.8 Å². The van der Waals surface area contributed by atoms with E-state index in [4.69, 9.17) is 9.47 Å². The highest BCUT2D eigenvalue weighted by atomic mass is 32.2. The van der Waals surface area contributed by atoms with Gasteiger partial charge < -0.3 is 14.8 Å². The predicted molar refractivity (Wildman–Crippen MR) is 124 cm³/mol. The number of amides is 1. The molecular formula is C22H28N2O7S2. The Morgan fingerprint density at radius 1 is 0.970 bits per heavy atom. The van der Waals surface area contributed by atoms with Crippen LogP contribution in [0.15, 0.2) is 52.3 Å². The number of piperidine rings is 1. The molecule has 2 aromatic carbocycles. The lowest BCUT2D eigenvalue weighted by molar-refractivity contribution is 0.102. The molecule has 3 rings (SSSR count). The van der Waals surface area contributed by atoms with E-state index >= 15 is 0 Å². The lowest BCUT2D eigenvalue weighted by Crippen LogP contribution is -2.35. The van der Waals surface area contributed by atoms with Crippen molar-refractivity contribution in [2.75, 3.05) is 45.0 Å². The molecule has 1 saturated heterocycles. The number of sulfone groups is 1. The summed E-state index contributed by atoms with van der Waals surface area (Å²) >= 11 is 0. The number of anilines is 1. The van der Waals surface area contributed by atoms with Crippen LogP contribution in [-0.4, -0.2) is 66.7 Å². The molecule has 1 aliphatic heterocycles. The van der Waals surface area contributed by atoms with Gasteiger partial charge in [0.05, 0.1) is 24.4 Å². The maximum Gasteiger partial charge on any atom is 0.255 e. The van der Waals surface area contributed by atoms with E-state index in [1.54, 1.807) is 6.07 Å². The molecule has 0 spiro atoms. The van der Waals surface area contributed by atoms with Crippen LogP contribution in [0, 0.1) is 0 Å². The van der Waals surface area contributed by atoms with Crippen molar-refractivity contribution in [1.82, 2.24) is 4.31 Å². The summed E-state index contributed by atoms with van der Waals surface area (Å²) in [7, 11) is -4.47. The van der Waals surface area contributed by atoms with Crippen molar-refractivity contribution in [2.45, 2.75) is 29.1 Å². The fourth-order valence-electron chi connectivity index (χ4n) is 3.53. The number of hydrogen-bond acceptors (Lipinski definition) is 7. The molecule has 9 nitrogen and oxygen atoms in total. The van der Waals surface area contributed by atoms with Crippen molar-refractivity contribution < 1.29 is 31.1 Å². The Kier molecular flexibility index (Phi) is 8.11. The third-order valence-corrected chi connectivity index (χ3v) is 9.00. The number of ether oxygens (including phenoxy) is 2. The summed E-state index contributed by atoms with van der Waals surface area (Å²) in [5.74, 6) is -0.457. The quantitative estimate of drug-likeness (QED) is 0.567. The zero-order valence-corrected chi connectivity index (χ0v) is 20.2. The van der Waals surface area contributed by atoms with Gasteiger partial charge in [0.2, 0.25) is 10.0 Å². The minimum Gasteiger partial charge on any atom is -0.495 e. The SMILES string of the molecule is COCCS(=O)(=O)c1ccc(C(=O)Nc2ccc(OC)c(S(=O)(=O)N3CCCCC3)c2)cc1. The zero-order valence-electron chi connectivity index (χ0n) is 18.6. The van der Waals surface area contributed by atoms with Gasteiger partial charge in [0, 0.05) is 31.5 Å². The standard InChI is InChI=1S/C22H28N2O7S2/c1-30-14-15-32(26,27)19-9-6-17(7-10-19)22(25)23-18-8-11-20(31-2)21(16-18)33(28,29)24-12-4-3-5-13-24/h6-11,16H,3-5,12-15H2,1-2H3,(H,23,25). The van der Waals surface area contributed by atoms with Gasteiger partial charge in [-0.15, -0.1) is 0 Å². The average Bonchev–Trinajstić information content (AvgIpc) is 2.83. The Bertz CT molecular complexity index is 1190. The number of carbonyl (C=O) groups excluding carboxylic acids is 1. The van der Waals surface area contributed by atoms with Crippen LogP contribution in [0.1, 0.15) is 29.6 Å². The first-order valence-corrected chi connectivity index (χ1v) is 13.6. The molecule has 0 aliphatic carbocycles. The van der Waals surface area contributed by atoms with Crippen molar-refractivity contribution in [2.24, 2.45) is 0 Å². The Morgan fingerprint density at radius 2 is 1.64 bits per heavy atom. The van der Waals surface area contributed by atoms with Crippen LogP contribution in [0.25, 0.3) is 0 Å². The molecule has 0 radical (unpaired) electrons. The number of nitrogens with zero attached hydrogens (tertiary/aromatic N) is 1. The van der Waals surface area contributed by atoms with E-state index in [0.29, 0.717) is 13.1 Å². The molecule has 1 fully saturated rings. The molecule has 0 atom stereocenters. The number of hydrogen-bond donors (Lipinski definition) is 1. The van der Waals surface area contributed by atoms with Crippen LogP contribution in [0.4, 0.5) is 5.69 Å². The summed E-state index contributed by atoms with van der Waals surface area (Å²) in [6.07, 6.45) is 2.59. The van der Waals surface area contributed by atoms with Gasteiger partial charge in [0.25, 0.3) is 5.91 Å². The summed E-state index contributed by atoms with van der Waals surface area (Å²) in [6, 6.07) is 9.96. The molecule has 1 aliphatic rings. The molecule has 1 heterocycles. The maximum absolute atomic E-state index is 13.1. The monoisotopic (exact) mass is 496 g/mol. The number of carbonyl (C=O) groups is 1. The number of sulfonamides is 1. The van der Waals surface area contributed by atoms with Crippen LogP contribution in [0.5, 0.6) is 5.75 Å². The van der Waals surface area contributed by atoms with Gasteiger partial charge in [-0.05, 0) is 55.3 Å². The summed E-state index contributed by atoms with van der Waals surface area (Å²) in [4.78, 5) is 12.8. The van der Waals surface area contributed by atoms with Gasteiger partial charge in [0.1, 0.15) is 10.6 Å². The first-order chi connectivity index (χ1) is 15.7. The molecular weight excluding hydrogens is 468 g/mol. The average molecular weight is 497 g/mol. The Balaban J connectivity index is 1.81. The Morgan fingerprint density at radius 3 is 2.24 bits per heavy atom. The minimum atomic E-state index is -3.78. The molecule has 0 aromatic heterocycles. The van der Waals surface area contributed by atoms with Crippen molar-refractivity contribution in [3.05, 3.63) is 48.0 Å². The fraction of sp³-hybridized carbons (Fsp3) is 0.409. The highest BCUT2D eigenvalue weighted by molar-refractivity contribution is 7.91. The number of methoxy groups -OCH3 is 2. The Labute approximate surface area is 194 Å². The van der Waals surface area contributed by atoms with Gasteiger partial charge in [-0.2, -0.15) is 4.31 Å². The lowest BCUT2D eigenvalue weighted by atomic mass is 10.2. The maximum atomic E-state index is 13.1. The van der Waals surface area contributed by atoms with Crippen molar-refractivity contribution in [3.63, 3.8) is 0 Å². The second-order valence-corrected chi connectivity index (χ2v) is 11.6. The summed E-state index contributed by atoms with van der Waals surface area (Å²) in [6.45, 7) is 0.966. The van der Waals surface area contributed by atoms with E-state index in [0.717, 1.165) is 19.3 Å². The highest BCUT2D eigenvalue weighted by Gasteiger charge is 2.29. The van der Waals surface area contributed by atoms with Crippen LogP contribution in [0.3, 0.4) is 0 Å². The molecule has 2 aromatic rings. The molecule has 11 heteroatoms. The summed E-state index contributed by atoms with van der Waals surface area (Å²) in [5.41, 5.74) is 0.519. The molecule has 0 bridgehead atoms. The van der Waals surface area contributed by atoms with Gasteiger partial charge in [-0.25, -0.2) is 16.8 Å². The third-order valence-electron chi connectivity index (χ3n) is 5.39. The van der Waals surface area contributed by atoms with Crippen molar-refractivity contribution in [1.29, 1.82) is 0 Å². The van der Waals surface area contributed by atoms with E-state index in [1.165, 1.54) is 54.9 Å². The first kappa shape index (κ1) is 25.2. The predicted octanol–water partition coefficient (Wildman–Crippen LogP) is 2.54. The fourth-order valence-corrected chi connectivity index (χ4v) is 6.40. The van der Waals surface area contributed by atoms with E-state index in [9.17, 15) is 21.6 Å². The van der Waals surface area contributed by atoms with Gasteiger partial charge in [0.15, 0.2) is 9.84 Å². The summed E-state index contributed by atoms with van der Waals surface area (Å²) < 4.78 is 62.3. The van der Waals surface area contributed by atoms with Crippen LogP contribution < -0.4 is 10.1 Å². The minimum absolute atomic E-state index is 0.00992. The molecule has 33 heavy (non-hydrogen) atoms.